The summed E-state index contributed by atoms with van der Waals surface area (Å²) < 4.78 is 13.8. The summed E-state index contributed by atoms with van der Waals surface area (Å²) in [4.78, 5) is 67.7. The minimum absolute atomic E-state index is 0.0199. The maximum absolute atomic E-state index is 11.5. The Morgan fingerprint density at radius 2 is 0.759 bits per heavy atom. The molecule has 0 unspecified atom stereocenters. The minimum atomic E-state index is -0.683. The van der Waals surface area contributed by atoms with E-state index in [1.165, 1.54) is 14.0 Å². The van der Waals surface area contributed by atoms with Gasteiger partial charge in [0.15, 0.2) is 0 Å². The number of unbranched alkanes of at least 4 members (excludes halogenated alkanes) is 3. The SMILES string of the molecule is COC(=O)CCCCC(=O)OC(=O)CCCCC(=O)OC(=O)CCCCC(C)=O. The van der Waals surface area contributed by atoms with E-state index in [2.05, 4.69) is 14.2 Å². The number of carbonyl (C=O) groups is 6. The second-order valence-electron chi connectivity index (χ2n) is 6.59. The Morgan fingerprint density at radius 1 is 0.483 bits per heavy atom. The van der Waals surface area contributed by atoms with Crippen molar-refractivity contribution >= 4 is 35.6 Å². The van der Waals surface area contributed by atoms with Crippen molar-refractivity contribution in [2.45, 2.75) is 84.0 Å². The average molecular weight is 414 g/mol. The van der Waals surface area contributed by atoms with Gasteiger partial charge in [-0.25, -0.2) is 0 Å². The van der Waals surface area contributed by atoms with E-state index in [9.17, 15) is 28.8 Å². The van der Waals surface area contributed by atoms with E-state index in [-0.39, 0.29) is 43.9 Å². The molecule has 0 radical (unpaired) electrons. The molecule has 0 aromatic carbocycles. The van der Waals surface area contributed by atoms with Gasteiger partial charge in [0.05, 0.1) is 7.11 Å². The third-order valence-corrected chi connectivity index (χ3v) is 3.87. The van der Waals surface area contributed by atoms with Crippen molar-refractivity contribution in [3.8, 4) is 0 Å². The molecule has 0 saturated carbocycles. The van der Waals surface area contributed by atoms with Crippen LogP contribution in [0.3, 0.4) is 0 Å². The molecule has 0 spiro atoms. The molecular formula is C20H30O9. The Bertz CT molecular complexity index is 581. The zero-order valence-electron chi connectivity index (χ0n) is 17.2. The molecule has 9 heteroatoms. The van der Waals surface area contributed by atoms with Crippen molar-refractivity contribution < 1.29 is 43.0 Å². The first-order valence-corrected chi connectivity index (χ1v) is 9.77. The number of ether oxygens (including phenoxy) is 3. The largest absolute Gasteiger partial charge is 0.469 e. The van der Waals surface area contributed by atoms with E-state index < -0.39 is 23.9 Å². The third kappa shape index (κ3) is 17.3. The van der Waals surface area contributed by atoms with Crippen LogP contribution in [0.5, 0.6) is 0 Å². The molecule has 0 aliphatic heterocycles. The fourth-order valence-electron chi connectivity index (χ4n) is 2.28. The number of carbonyl (C=O) groups excluding carboxylic acids is 6. The Labute approximate surface area is 170 Å². The summed E-state index contributed by atoms with van der Waals surface area (Å²) in [7, 11) is 1.28. The highest BCUT2D eigenvalue weighted by Crippen LogP contribution is 2.07. The summed E-state index contributed by atoms with van der Waals surface area (Å²) in [5, 5.41) is 0. The van der Waals surface area contributed by atoms with Crippen molar-refractivity contribution in [1.29, 1.82) is 0 Å². The summed E-state index contributed by atoms with van der Waals surface area (Å²) in [6.45, 7) is 1.47. The first-order valence-electron chi connectivity index (χ1n) is 9.77. The van der Waals surface area contributed by atoms with Crippen LogP contribution in [-0.4, -0.2) is 42.7 Å². The Balaban J connectivity index is 3.71. The van der Waals surface area contributed by atoms with Crippen LogP contribution in [0.25, 0.3) is 0 Å². The van der Waals surface area contributed by atoms with Crippen LogP contribution in [0.4, 0.5) is 0 Å². The third-order valence-electron chi connectivity index (χ3n) is 3.87. The Hall–Kier alpha value is -2.58. The smallest absolute Gasteiger partial charge is 0.313 e. The lowest BCUT2D eigenvalue weighted by atomic mass is 10.1. The normalized spacial score (nSPS) is 10.1. The number of Topliss-reactive ketones (excluding diaryl/α,β-unsaturated/α-hetero) is 1. The maximum Gasteiger partial charge on any atom is 0.313 e. The summed E-state index contributed by atoms with van der Waals surface area (Å²) in [5.41, 5.74) is 0. The van der Waals surface area contributed by atoms with Gasteiger partial charge in [0.25, 0.3) is 0 Å². The number of methoxy groups -OCH3 is 1. The van der Waals surface area contributed by atoms with Crippen molar-refractivity contribution in [1.82, 2.24) is 0 Å². The van der Waals surface area contributed by atoms with Gasteiger partial charge in [0.1, 0.15) is 5.78 Å². The minimum Gasteiger partial charge on any atom is -0.469 e. The molecule has 0 aromatic rings. The molecule has 0 heterocycles. The summed E-state index contributed by atoms with van der Waals surface area (Å²) in [5.74, 6) is -2.95. The van der Waals surface area contributed by atoms with Gasteiger partial charge in [-0.05, 0) is 45.4 Å². The molecule has 0 amide bonds. The number of rotatable bonds is 15. The highest BCUT2D eigenvalue weighted by atomic mass is 16.6. The average Bonchev–Trinajstić information content (AvgIpc) is 2.65. The lowest BCUT2D eigenvalue weighted by Crippen LogP contribution is -2.13. The quantitative estimate of drug-likeness (QED) is 0.172. The highest BCUT2D eigenvalue weighted by molar-refractivity contribution is 5.86. The van der Waals surface area contributed by atoms with Crippen LogP contribution >= 0.6 is 0 Å². The van der Waals surface area contributed by atoms with Gasteiger partial charge in [0, 0.05) is 38.5 Å². The first kappa shape index (κ1) is 26.4. The molecule has 164 valence electrons. The summed E-state index contributed by atoms with van der Waals surface area (Å²) >= 11 is 0. The van der Waals surface area contributed by atoms with Crippen molar-refractivity contribution in [3.05, 3.63) is 0 Å². The van der Waals surface area contributed by atoms with Crippen LogP contribution in [0.2, 0.25) is 0 Å². The van der Waals surface area contributed by atoms with E-state index in [1.807, 2.05) is 0 Å². The van der Waals surface area contributed by atoms with E-state index in [0.29, 0.717) is 44.9 Å². The standard InChI is InChI=1S/C20H30O9/c1-15(21)9-3-4-11-17(23)28-19(25)13-7-8-14-20(26)29-18(24)12-6-5-10-16(22)27-2/h3-14H2,1-2H3. The van der Waals surface area contributed by atoms with E-state index in [0.717, 1.165) is 0 Å². The Morgan fingerprint density at radius 3 is 1.03 bits per heavy atom. The lowest BCUT2D eigenvalue weighted by Gasteiger charge is -2.04. The van der Waals surface area contributed by atoms with Gasteiger partial charge in [0.2, 0.25) is 0 Å². The molecule has 0 aromatic heterocycles. The van der Waals surface area contributed by atoms with Crippen LogP contribution in [0, 0.1) is 0 Å². The predicted molar refractivity (Wildman–Crippen MR) is 100 cm³/mol. The summed E-state index contributed by atoms with van der Waals surface area (Å²) in [6.07, 6.45) is 3.23. The van der Waals surface area contributed by atoms with Crippen LogP contribution in [-0.2, 0) is 43.0 Å². The van der Waals surface area contributed by atoms with Gasteiger partial charge in [-0.1, -0.05) is 0 Å². The van der Waals surface area contributed by atoms with Crippen LogP contribution in [0.1, 0.15) is 84.0 Å². The second kappa shape index (κ2) is 16.4. The zero-order valence-corrected chi connectivity index (χ0v) is 17.2. The molecular weight excluding hydrogens is 384 g/mol. The van der Waals surface area contributed by atoms with Crippen LogP contribution < -0.4 is 0 Å². The maximum atomic E-state index is 11.5. The number of ketones is 1. The van der Waals surface area contributed by atoms with Crippen molar-refractivity contribution in [2.24, 2.45) is 0 Å². The molecule has 0 bridgehead atoms. The van der Waals surface area contributed by atoms with Gasteiger partial charge < -0.3 is 19.0 Å². The lowest BCUT2D eigenvalue weighted by molar-refractivity contribution is -0.162. The number of hydrogen-bond donors (Lipinski definition) is 0. The molecule has 9 nitrogen and oxygen atoms in total. The molecule has 0 aliphatic rings. The fourth-order valence-corrected chi connectivity index (χ4v) is 2.28. The van der Waals surface area contributed by atoms with Crippen LogP contribution in [0.15, 0.2) is 0 Å². The van der Waals surface area contributed by atoms with Gasteiger partial charge in [-0.15, -0.1) is 0 Å². The number of hydrogen-bond acceptors (Lipinski definition) is 9. The van der Waals surface area contributed by atoms with E-state index in [1.54, 1.807) is 0 Å². The molecule has 0 atom stereocenters. The molecule has 0 saturated heterocycles. The molecule has 0 aliphatic carbocycles. The van der Waals surface area contributed by atoms with Crippen molar-refractivity contribution in [2.75, 3.05) is 7.11 Å². The van der Waals surface area contributed by atoms with Gasteiger partial charge in [-0.3, -0.25) is 24.0 Å². The van der Waals surface area contributed by atoms with Gasteiger partial charge in [-0.2, -0.15) is 0 Å². The van der Waals surface area contributed by atoms with Gasteiger partial charge >= 0.3 is 29.8 Å². The molecule has 29 heavy (non-hydrogen) atoms. The topological polar surface area (TPSA) is 130 Å². The number of esters is 5. The molecule has 0 fully saturated rings. The zero-order chi connectivity index (χ0) is 22.1. The second-order valence-corrected chi connectivity index (χ2v) is 6.59. The van der Waals surface area contributed by atoms with E-state index in [4.69, 9.17) is 0 Å². The van der Waals surface area contributed by atoms with Crippen molar-refractivity contribution in [3.63, 3.8) is 0 Å². The fraction of sp³-hybridized carbons (Fsp3) is 0.700. The summed E-state index contributed by atoms with van der Waals surface area (Å²) in [6, 6.07) is 0. The Kier molecular flexibility index (Phi) is 14.9. The molecule has 0 rings (SSSR count). The molecule has 0 N–H and O–H groups in total. The highest BCUT2D eigenvalue weighted by Gasteiger charge is 2.13. The first-order chi connectivity index (χ1) is 13.7. The predicted octanol–water partition coefficient (Wildman–Crippen LogP) is 2.57. The monoisotopic (exact) mass is 414 g/mol. The van der Waals surface area contributed by atoms with E-state index >= 15 is 0 Å².